The minimum atomic E-state index is -1.04. The molecule has 1 fully saturated rings. The molecule has 1 aliphatic rings. The number of nitrogens with zero attached hydrogens (tertiary/aromatic N) is 2. The van der Waals surface area contributed by atoms with Crippen molar-refractivity contribution < 1.29 is 19.5 Å². The molecule has 0 saturated carbocycles. The number of amides is 2. The fourth-order valence-electron chi connectivity index (χ4n) is 3.35. The molecule has 9 nitrogen and oxygen atoms in total. The number of aromatic amines is 1. The molecule has 2 atom stereocenters. The summed E-state index contributed by atoms with van der Waals surface area (Å²) >= 11 is 13.2. The van der Waals surface area contributed by atoms with Crippen LogP contribution in [0.25, 0.3) is 0 Å². The summed E-state index contributed by atoms with van der Waals surface area (Å²) < 4.78 is 0. The van der Waals surface area contributed by atoms with Crippen LogP contribution in [0, 0.1) is 12.8 Å². The van der Waals surface area contributed by atoms with Crippen LogP contribution in [0.3, 0.4) is 0 Å². The van der Waals surface area contributed by atoms with Gasteiger partial charge in [-0.05, 0) is 20.3 Å². The summed E-state index contributed by atoms with van der Waals surface area (Å²) in [7, 11) is 0. The van der Waals surface area contributed by atoms with Crippen molar-refractivity contribution >= 4 is 57.5 Å². The van der Waals surface area contributed by atoms with Crippen molar-refractivity contribution in [3.8, 4) is 0 Å². The maximum Gasteiger partial charge on any atom is 0.347 e. The van der Waals surface area contributed by atoms with E-state index in [1.165, 1.54) is 6.20 Å². The van der Waals surface area contributed by atoms with Crippen molar-refractivity contribution in [2.24, 2.45) is 5.92 Å². The van der Waals surface area contributed by atoms with Gasteiger partial charge in [-0.1, -0.05) is 34.5 Å². The molecule has 0 aromatic carbocycles. The third-order valence-corrected chi connectivity index (χ3v) is 6.87. The van der Waals surface area contributed by atoms with E-state index in [4.69, 9.17) is 28.3 Å². The Labute approximate surface area is 186 Å². The smallest absolute Gasteiger partial charge is 0.347 e. The van der Waals surface area contributed by atoms with Gasteiger partial charge in [0, 0.05) is 31.4 Å². The third-order valence-electron chi connectivity index (χ3n) is 4.87. The molecule has 2 aromatic heterocycles. The lowest BCUT2D eigenvalue weighted by Gasteiger charge is -2.37. The Morgan fingerprint density at radius 2 is 2.10 bits per heavy atom. The summed E-state index contributed by atoms with van der Waals surface area (Å²) in [6.45, 7) is 4.77. The second-order valence-electron chi connectivity index (χ2n) is 6.88. The molecule has 1 saturated heterocycles. The van der Waals surface area contributed by atoms with E-state index in [9.17, 15) is 14.4 Å². The van der Waals surface area contributed by atoms with Crippen LogP contribution < -0.4 is 15.5 Å². The summed E-state index contributed by atoms with van der Waals surface area (Å²) in [5.74, 6) is -2.23. The number of rotatable bonds is 6. The maximum atomic E-state index is 12.7. The van der Waals surface area contributed by atoms with E-state index in [1.54, 1.807) is 6.92 Å². The number of carboxylic acids is 1. The quantitative estimate of drug-likeness (QED) is 0.510. The van der Waals surface area contributed by atoms with Gasteiger partial charge in [-0.2, -0.15) is 0 Å². The molecule has 30 heavy (non-hydrogen) atoms. The van der Waals surface area contributed by atoms with E-state index >= 15 is 0 Å². The second-order valence-corrected chi connectivity index (χ2v) is 8.65. The highest BCUT2D eigenvalue weighted by Crippen LogP contribution is 2.31. The van der Waals surface area contributed by atoms with E-state index in [1.807, 2.05) is 11.8 Å². The topological polar surface area (TPSA) is 127 Å². The number of piperidine rings is 1. The van der Waals surface area contributed by atoms with E-state index in [2.05, 4.69) is 20.6 Å². The van der Waals surface area contributed by atoms with Crippen LogP contribution in [-0.4, -0.2) is 58.5 Å². The molecule has 3 rings (SSSR count). The monoisotopic (exact) mass is 473 g/mol. The van der Waals surface area contributed by atoms with Gasteiger partial charge in [0.2, 0.25) is 5.91 Å². The van der Waals surface area contributed by atoms with E-state index < -0.39 is 23.8 Å². The average Bonchev–Trinajstić information content (AvgIpc) is 3.30. The van der Waals surface area contributed by atoms with Gasteiger partial charge in [-0.15, -0.1) is 0 Å². The highest BCUT2D eigenvalue weighted by atomic mass is 35.5. The second kappa shape index (κ2) is 9.23. The van der Waals surface area contributed by atoms with Gasteiger partial charge >= 0.3 is 5.97 Å². The molecular weight excluding hydrogens is 453 g/mol. The Bertz CT molecular complexity index is 976. The Morgan fingerprint density at radius 3 is 2.67 bits per heavy atom. The highest BCUT2D eigenvalue weighted by Gasteiger charge is 2.37. The Hall–Kier alpha value is -2.30. The van der Waals surface area contributed by atoms with Gasteiger partial charge in [0.1, 0.15) is 10.6 Å². The number of aromatic carboxylic acids is 1. The highest BCUT2D eigenvalue weighted by molar-refractivity contribution is 7.17. The van der Waals surface area contributed by atoms with Crippen LogP contribution in [0.2, 0.25) is 10.0 Å². The van der Waals surface area contributed by atoms with Gasteiger partial charge < -0.3 is 25.6 Å². The predicted molar refractivity (Wildman–Crippen MR) is 115 cm³/mol. The van der Waals surface area contributed by atoms with Gasteiger partial charge in [0.25, 0.3) is 5.91 Å². The van der Waals surface area contributed by atoms with Crippen LogP contribution >= 0.6 is 34.5 Å². The molecule has 0 radical (unpaired) electrons. The number of thiazole rings is 1. The zero-order chi connectivity index (χ0) is 22.0. The normalized spacial score (nSPS) is 18.9. The lowest BCUT2D eigenvalue weighted by atomic mass is 9.91. The summed E-state index contributed by atoms with van der Waals surface area (Å²) in [6.07, 6.45) is 1.77. The number of carbonyl (C=O) groups excluding carboxylic acids is 2. The fourth-order valence-corrected chi connectivity index (χ4v) is 4.55. The molecular formula is C18H21Cl2N5O4S. The van der Waals surface area contributed by atoms with Crippen molar-refractivity contribution in [2.45, 2.75) is 26.3 Å². The van der Waals surface area contributed by atoms with Gasteiger partial charge in [-0.25, -0.2) is 9.78 Å². The van der Waals surface area contributed by atoms with Gasteiger partial charge in [0.05, 0.1) is 22.2 Å². The number of hydrogen-bond donors (Lipinski definition) is 4. The molecule has 162 valence electrons. The molecule has 2 amide bonds. The molecule has 1 aliphatic heterocycles. The first-order valence-corrected chi connectivity index (χ1v) is 10.9. The molecule has 4 N–H and O–H groups in total. The number of aromatic nitrogens is 2. The standard InChI is InChI=1S/C18H21Cl2N5O4S/c1-3-21-15(26)9-7-25(18-22-6-11(30-18)17(28)29)5-4-10(9)24-16(27)14-13(20)12(19)8(2)23-14/h6,9-10,23H,3-5,7H2,1-2H3,(H,21,26)(H,24,27)(H,28,29)/t9-,10+/m0/s1. The molecule has 0 aliphatic carbocycles. The first kappa shape index (κ1) is 22.4. The summed E-state index contributed by atoms with van der Waals surface area (Å²) in [6, 6.07) is -0.433. The summed E-state index contributed by atoms with van der Waals surface area (Å²) in [5, 5.41) is 15.8. The zero-order valence-electron chi connectivity index (χ0n) is 16.3. The molecule has 2 aromatic rings. The Balaban J connectivity index is 1.78. The SMILES string of the molecule is CCNC(=O)[C@H]1CN(c2ncc(C(=O)O)s2)CC[C@H]1NC(=O)c1[nH]c(C)c(Cl)c1Cl. The average molecular weight is 474 g/mol. The summed E-state index contributed by atoms with van der Waals surface area (Å²) in [5.41, 5.74) is 0.738. The van der Waals surface area contributed by atoms with Crippen LogP contribution in [-0.2, 0) is 4.79 Å². The van der Waals surface area contributed by atoms with Crippen molar-refractivity contribution in [1.82, 2.24) is 20.6 Å². The first-order valence-electron chi connectivity index (χ1n) is 9.29. The predicted octanol–water partition coefficient (Wildman–Crippen LogP) is 2.55. The Kier molecular flexibility index (Phi) is 6.89. The number of nitrogens with one attached hydrogen (secondary N) is 3. The lowest BCUT2D eigenvalue weighted by Crippen LogP contribution is -2.56. The van der Waals surface area contributed by atoms with Crippen molar-refractivity contribution in [2.75, 3.05) is 24.5 Å². The largest absolute Gasteiger partial charge is 0.477 e. The van der Waals surface area contributed by atoms with Gasteiger partial charge in [0.15, 0.2) is 5.13 Å². The molecule has 3 heterocycles. The molecule has 0 spiro atoms. The van der Waals surface area contributed by atoms with Crippen molar-refractivity contribution in [1.29, 1.82) is 0 Å². The zero-order valence-corrected chi connectivity index (χ0v) is 18.6. The fraction of sp³-hybridized carbons (Fsp3) is 0.444. The molecule has 0 unspecified atom stereocenters. The van der Waals surface area contributed by atoms with Gasteiger partial charge in [-0.3, -0.25) is 9.59 Å². The minimum absolute atomic E-state index is 0.128. The van der Waals surface area contributed by atoms with Crippen LogP contribution in [0.15, 0.2) is 6.20 Å². The number of anilines is 1. The minimum Gasteiger partial charge on any atom is -0.477 e. The van der Waals surface area contributed by atoms with E-state index in [0.29, 0.717) is 36.9 Å². The van der Waals surface area contributed by atoms with E-state index in [0.717, 1.165) is 11.3 Å². The molecule has 12 heteroatoms. The van der Waals surface area contributed by atoms with Crippen LogP contribution in [0.4, 0.5) is 5.13 Å². The van der Waals surface area contributed by atoms with Crippen molar-refractivity contribution in [3.63, 3.8) is 0 Å². The molecule has 0 bridgehead atoms. The van der Waals surface area contributed by atoms with Crippen molar-refractivity contribution in [3.05, 3.63) is 32.5 Å². The van der Waals surface area contributed by atoms with E-state index in [-0.39, 0.29) is 26.5 Å². The third kappa shape index (κ3) is 4.55. The number of H-pyrrole nitrogens is 1. The first-order chi connectivity index (χ1) is 14.2. The number of hydrogen-bond acceptors (Lipinski definition) is 6. The number of halogens is 2. The number of carboxylic acid groups (broad SMARTS) is 1. The Morgan fingerprint density at radius 1 is 1.37 bits per heavy atom. The van der Waals surface area contributed by atoms with Crippen LogP contribution in [0.1, 0.15) is 39.2 Å². The maximum absolute atomic E-state index is 12.7. The number of carbonyl (C=O) groups is 3. The summed E-state index contributed by atoms with van der Waals surface area (Å²) in [4.78, 5) is 45.6. The number of aryl methyl sites for hydroxylation is 1. The van der Waals surface area contributed by atoms with Crippen LogP contribution in [0.5, 0.6) is 0 Å². The lowest BCUT2D eigenvalue weighted by molar-refractivity contribution is -0.125.